The number of benzene rings is 1. The number of nitrogen functional groups attached to an aromatic ring is 2. The van der Waals surface area contributed by atoms with E-state index in [0.717, 1.165) is 19.1 Å². The first-order chi connectivity index (χ1) is 8.65. The zero-order valence-electron chi connectivity index (χ0n) is 11.0. The van der Waals surface area contributed by atoms with Gasteiger partial charge in [-0.1, -0.05) is 0 Å². The SMILES string of the molecule is CC1CN2CCCC2CN1c1ccc(N)c(N)c1. The van der Waals surface area contributed by atoms with E-state index in [4.69, 9.17) is 11.5 Å². The highest BCUT2D eigenvalue weighted by Crippen LogP contribution is 2.30. The summed E-state index contributed by atoms with van der Waals surface area (Å²) in [6.07, 6.45) is 2.67. The van der Waals surface area contributed by atoms with Crippen molar-refractivity contribution in [1.29, 1.82) is 0 Å². The third-order valence-electron chi connectivity index (χ3n) is 4.34. The molecule has 0 spiro atoms. The van der Waals surface area contributed by atoms with Gasteiger partial charge in [0.2, 0.25) is 0 Å². The van der Waals surface area contributed by atoms with Crippen molar-refractivity contribution in [3.05, 3.63) is 18.2 Å². The van der Waals surface area contributed by atoms with Crippen LogP contribution < -0.4 is 16.4 Å². The smallest absolute Gasteiger partial charge is 0.0568 e. The second kappa shape index (κ2) is 4.35. The van der Waals surface area contributed by atoms with Crippen LogP contribution in [0.1, 0.15) is 19.8 Å². The van der Waals surface area contributed by atoms with Crippen molar-refractivity contribution in [2.24, 2.45) is 0 Å². The zero-order valence-corrected chi connectivity index (χ0v) is 11.0. The number of fused-ring (bicyclic) bond motifs is 1. The van der Waals surface area contributed by atoms with E-state index in [9.17, 15) is 0 Å². The molecule has 4 heteroatoms. The Morgan fingerprint density at radius 2 is 2.00 bits per heavy atom. The Morgan fingerprint density at radius 1 is 1.17 bits per heavy atom. The molecule has 2 unspecified atom stereocenters. The first-order valence-corrected chi connectivity index (χ1v) is 6.81. The van der Waals surface area contributed by atoms with Crippen LogP contribution in [-0.2, 0) is 0 Å². The summed E-state index contributed by atoms with van der Waals surface area (Å²) in [5, 5.41) is 0. The molecule has 0 aliphatic carbocycles. The molecule has 0 amide bonds. The number of rotatable bonds is 1. The van der Waals surface area contributed by atoms with E-state index in [2.05, 4.69) is 22.8 Å². The van der Waals surface area contributed by atoms with E-state index in [1.165, 1.54) is 25.1 Å². The van der Waals surface area contributed by atoms with Gasteiger partial charge in [0.1, 0.15) is 0 Å². The second-order valence-corrected chi connectivity index (χ2v) is 5.61. The molecule has 0 saturated carbocycles. The molecule has 0 aromatic heterocycles. The van der Waals surface area contributed by atoms with Gasteiger partial charge in [-0.15, -0.1) is 0 Å². The molecule has 98 valence electrons. The van der Waals surface area contributed by atoms with Crippen molar-refractivity contribution in [2.75, 3.05) is 36.0 Å². The highest BCUT2D eigenvalue weighted by molar-refractivity contribution is 5.70. The topological polar surface area (TPSA) is 58.5 Å². The second-order valence-electron chi connectivity index (χ2n) is 5.61. The first-order valence-electron chi connectivity index (χ1n) is 6.81. The standard InChI is InChI=1S/C14H22N4/c1-10-8-17-6-2-3-12(17)9-18(10)11-4-5-13(15)14(16)7-11/h4-5,7,10,12H,2-3,6,8-9,15-16H2,1H3. The third kappa shape index (κ3) is 1.90. The summed E-state index contributed by atoms with van der Waals surface area (Å²) in [5.74, 6) is 0. The van der Waals surface area contributed by atoms with Crippen molar-refractivity contribution in [1.82, 2.24) is 4.90 Å². The normalized spacial score (nSPS) is 28.4. The molecule has 2 aliphatic heterocycles. The molecule has 18 heavy (non-hydrogen) atoms. The van der Waals surface area contributed by atoms with Crippen molar-refractivity contribution in [3.63, 3.8) is 0 Å². The summed E-state index contributed by atoms with van der Waals surface area (Å²) in [4.78, 5) is 5.10. The van der Waals surface area contributed by atoms with Gasteiger partial charge in [0.05, 0.1) is 11.4 Å². The number of anilines is 3. The van der Waals surface area contributed by atoms with Crippen LogP contribution in [0.25, 0.3) is 0 Å². The Morgan fingerprint density at radius 3 is 2.78 bits per heavy atom. The summed E-state index contributed by atoms with van der Waals surface area (Å²) in [6.45, 7) is 5.84. The average molecular weight is 246 g/mol. The number of nitrogens with zero attached hydrogens (tertiary/aromatic N) is 2. The Balaban J connectivity index is 1.84. The van der Waals surface area contributed by atoms with Crippen molar-refractivity contribution >= 4 is 17.1 Å². The number of hydrogen-bond acceptors (Lipinski definition) is 4. The van der Waals surface area contributed by atoms with Crippen LogP contribution in [0.4, 0.5) is 17.1 Å². The Hall–Kier alpha value is -1.42. The molecule has 0 radical (unpaired) electrons. The maximum atomic E-state index is 5.92. The molecular weight excluding hydrogens is 224 g/mol. The van der Waals surface area contributed by atoms with Crippen LogP contribution in [0, 0.1) is 0 Å². The molecule has 2 fully saturated rings. The van der Waals surface area contributed by atoms with Crippen LogP contribution in [-0.4, -0.2) is 36.6 Å². The molecule has 3 rings (SSSR count). The summed E-state index contributed by atoms with van der Waals surface area (Å²) in [7, 11) is 0. The Labute approximate surface area is 109 Å². The lowest BCUT2D eigenvalue weighted by atomic mass is 10.1. The first kappa shape index (κ1) is 11.7. The van der Waals surface area contributed by atoms with Gasteiger partial charge >= 0.3 is 0 Å². The van der Waals surface area contributed by atoms with Crippen LogP contribution in [0.5, 0.6) is 0 Å². The number of hydrogen-bond donors (Lipinski definition) is 2. The minimum absolute atomic E-state index is 0.544. The van der Waals surface area contributed by atoms with Crippen LogP contribution in [0.2, 0.25) is 0 Å². The van der Waals surface area contributed by atoms with Gasteiger partial charge in [-0.2, -0.15) is 0 Å². The summed E-state index contributed by atoms with van der Waals surface area (Å²) in [5.41, 5.74) is 14.3. The van der Waals surface area contributed by atoms with Crippen LogP contribution >= 0.6 is 0 Å². The molecule has 2 heterocycles. The Kier molecular flexibility index (Phi) is 2.82. The van der Waals surface area contributed by atoms with Crippen LogP contribution in [0.3, 0.4) is 0 Å². The maximum Gasteiger partial charge on any atom is 0.0568 e. The minimum atomic E-state index is 0.544. The molecule has 0 bridgehead atoms. The lowest BCUT2D eigenvalue weighted by Crippen LogP contribution is -2.55. The number of nitrogens with two attached hydrogens (primary N) is 2. The van der Waals surface area contributed by atoms with Crippen molar-refractivity contribution in [2.45, 2.75) is 31.8 Å². The van der Waals surface area contributed by atoms with Gasteiger partial charge in [-0.25, -0.2) is 0 Å². The van der Waals surface area contributed by atoms with Crippen molar-refractivity contribution < 1.29 is 0 Å². The fourth-order valence-electron chi connectivity index (χ4n) is 3.29. The number of piperazine rings is 1. The summed E-state index contributed by atoms with van der Waals surface area (Å²) >= 11 is 0. The van der Waals surface area contributed by atoms with E-state index in [-0.39, 0.29) is 0 Å². The average Bonchev–Trinajstić information content (AvgIpc) is 2.79. The maximum absolute atomic E-state index is 5.92. The highest BCUT2D eigenvalue weighted by atomic mass is 15.3. The van der Waals surface area contributed by atoms with E-state index in [1.54, 1.807) is 0 Å². The molecule has 4 nitrogen and oxygen atoms in total. The van der Waals surface area contributed by atoms with Gasteiger partial charge < -0.3 is 16.4 Å². The lowest BCUT2D eigenvalue weighted by molar-refractivity contribution is 0.203. The molecule has 2 aliphatic rings. The predicted molar refractivity (Wildman–Crippen MR) is 76.7 cm³/mol. The van der Waals surface area contributed by atoms with Gasteiger partial charge in [0, 0.05) is 30.9 Å². The minimum Gasteiger partial charge on any atom is -0.397 e. The molecule has 2 saturated heterocycles. The molecule has 1 aromatic rings. The van der Waals surface area contributed by atoms with E-state index < -0.39 is 0 Å². The van der Waals surface area contributed by atoms with Gasteiger partial charge in [0.25, 0.3) is 0 Å². The fraction of sp³-hybridized carbons (Fsp3) is 0.571. The van der Waals surface area contributed by atoms with Crippen molar-refractivity contribution in [3.8, 4) is 0 Å². The fourth-order valence-corrected chi connectivity index (χ4v) is 3.29. The Bertz CT molecular complexity index is 445. The van der Waals surface area contributed by atoms with Gasteiger partial charge in [-0.3, -0.25) is 4.90 Å². The molecular formula is C14H22N4. The predicted octanol–water partition coefficient (Wildman–Crippen LogP) is 1.52. The molecule has 1 aromatic carbocycles. The monoisotopic (exact) mass is 246 g/mol. The lowest BCUT2D eigenvalue weighted by Gasteiger charge is -2.43. The quantitative estimate of drug-likeness (QED) is 0.738. The highest BCUT2D eigenvalue weighted by Gasteiger charge is 2.34. The largest absolute Gasteiger partial charge is 0.397 e. The third-order valence-corrected chi connectivity index (χ3v) is 4.34. The van der Waals surface area contributed by atoms with Gasteiger partial charge in [0.15, 0.2) is 0 Å². The zero-order chi connectivity index (χ0) is 12.7. The summed E-state index contributed by atoms with van der Waals surface area (Å²) in [6, 6.07) is 7.28. The van der Waals surface area contributed by atoms with Crippen LogP contribution in [0.15, 0.2) is 18.2 Å². The van der Waals surface area contributed by atoms with Gasteiger partial charge in [-0.05, 0) is 44.5 Å². The van der Waals surface area contributed by atoms with E-state index >= 15 is 0 Å². The molecule has 4 N–H and O–H groups in total. The van der Waals surface area contributed by atoms with E-state index in [1.807, 2.05) is 12.1 Å². The summed E-state index contributed by atoms with van der Waals surface area (Å²) < 4.78 is 0. The van der Waals surface area contributed by atoms with E-state index in [0.29, 0.717) is 17.4 Å². The molecule has 2 atom stereocenters.